The van der Waals surface area contributed by atoms with Crippen LogP contribution in [-0.2, 0) is 6.54 Å². The van der Waals surface area contributed by atoms with Crippen molar-refractivity contribution in [1.82, 2.24) is 15.3 Å². The number of hydrogen-bond donors (Lipinski definition) is 1. The van der Waals surface area contributed by atoms with Gasteiger partial charge in [0.15, 0.2) is 5.76 Å². The van der Waals surface area contributed by atoms with Crippen LogP contribution in [0.5, 0.6) is 0 Å². The van der Waals surface area contributed by atoms with E-state index >= 15 is 0 Å². The van der Waals surface area contributed by atoms with Gasteiger partial charge in [0, 0.05) is 20.3 Å². The topological polar surface area (TPSA) is 114 Å². The number of rotatable bonds is 5. The number of furan rings is 1. The van der Waals surface area contributed by atoms with Gasteiger partial charge in [0.25, 0.3) is 5.91 Å². The van der Waals surface area contributed by atoms with E-state index in [1.54, 1.807) is 31.3 Å². The molecule has 0 unspecified atom stereocenters. The van der Waals surface area contributed by atoms with Crippen molar-refractivity contribution in [3.8, 4) is 0 Å². The van der Waals surface area contributed by atoms with Crippen LogP contribution in [0, 0.1) is 10.1 Å². The zero-order chi connectivity index (χ0) is 15.4. The van der Waals surface area contributed by atoms with Gasteiger partial charge in [-0.05, 0) is 12.1 Å². The number of hydrogen-bond acceptors (Lipinski definition) is 7. The van der Waals surface area contributed by atoms with Gasteiger partial charge in [-0.1, -0.05) is 0 Å². The molecular weight excluding hydrogens is 278 g/mol. The predicted molar refractivity (Wildman–Crippen MR) is 72.9 cm³/mol. The maximum Gasteiger partial charge on any atom is 0.433 e. The molecule has 0 bridgehead atoms. The summed E-state index contributed by atoms with van der Waals surface area (Å²) in [6, 6.07) is 4.04. The highest BCUT2D eigenvalue weighted by atomic mass is 16.6. The van der Waals surface area contributed by atoms with Gasteiger partial charge in [0.2, 0.25) is 5.95 Å². The average Bonchev–Trinajstić information content (AvgIpc) is 2.95. The average molecular weight is 291 g/mol. The Bertz CT molecular complexity index is 667. The molecule has 0 fully saturated rings. The number of nitrogens with one attached hydrogen (secondary N) is 1. The molecule has 2 heterocycles. The highest BCUT2D eigenvalue weighted by Gasteiger charge is 2.17. The van der Waals surface area contributed by atoms with Gasteiger partial charge < -0.3 is 14.6 Å². The fourth-order valence-electron chi connectivity index (χ4n) is 1.50. The Balaban J connectivity index is 2.00. The molecule has 2 aromatic heterocycles. The van der Waals surface area contributed by atoms with E-state index in [1.165, 1.54) is 6.07 Å². The highest BCUT2D eigenvalue weighted by Crippen LogP contribution is 2.15. The van der Waals surface area contributed by atoms with Gasteiger partial charge in [-0.15, -0.1) is 0 Å². The van der Waals surface area contributed by atoms with Gasteiger partial charge in [-0.25, -0.2) is 9.97 Å². The molecule has 0 radical (unpaired) electrons. The maximum atomic E-state index is 11.8. The smallest absolute Gasteiger partial charge is 0.395 e. The summed E-state index contributed by atoms with van der Waals surface area (Å²) in [7, 11) is 3.61. The monoisotopic (exact) mass is 291 g/mol. The van der Waals surface area contributed by atoms with Gasteiger partial charge in [-0.3, -0.25) is 14.9 Å². The third kappa shape index (κ3) is 3.53. The lowest BCUT2D eigenvalue weighted by Crippen LogP contribution is -2.23. The summed E-state index contributed by atoms with van der Waals surface area (Å²) in [6.45, 7) is 0.163. The molecule has 2 rings (SSSR count). The molecule has 0 saturated heterocycles. The van der Waals surface area contributed by atoms with E-state index in [1.807, 2.05) is 0 Å². The van der Waals surface area contributed by atoms with Crippen molar-refractivity contribution in [2.24, 2.45) is 0 Å². The van der Waals surface area contributed by atoms with Crippen molar-refractivity contribution in [1.29, 1.82) is 0 Å². The standard InChI is InChI=1S/C12H13N5O4/c1-16(2)12-13-6-5-8(15-12)7-14-11(18)9-3-4-10(21-9)17(19)20/h3-6H,7H2,1-2H3,(H,14,18). The molecule has 0 saturated carbocycles. The first kappa shape index (κ1) is 14.4. The third-order valence-electron chi connectivity index (χ3n) is 2.53. The van der Waals surface area contributed by atoms with Crippen molar-refractivity contribution < 1.29 is 14.1 Å². The predicted octanol–water partition coefficient (Wildman–Crippen LogP) is 0.974. The Morgan fingerprint density at radius 1 is 1.43 bits per heavy atom. The molecule has 21 heavy (non-hydrogen) atoms. The van der Waals surface area contributed by atoms with Gasteiger partial charge in [-0.2, -0.15) is 0 Å². The van der Waals surface area contributed by atoms with E-state index in [9.17, 15) is 14.9 Å². The molecule has 0 aliphatic heterocycles. The minimum atomic E-state index is -0.704. The summed E-state index contributed by atoms with van der Waals surface area (Å²) < 4.78 is 4.81. The van der Waals surface area contributed by atoms with Gasteiger partial charge >= 0.3 is 5.88 Å². The Hall–Kier alpha value is -2.97. The summed E-state index contributed by atoms with van der Waals surface area (Å²) in [6.07, 6.45) is 1.58. The second kappa shape index (κ2) is 5.99. The molecule has 1 N–H and O–H groups in total. The van der Waals surface area contributed by atoms with E-state index in [-0.39, 0.29) is 12.3 Å². The van der Waals surface area contributed by atoms with Crippen LogP contribution in [0.15, 0.2) is 28.8 Å². The minimum absolute atomic E-state index is 0.122. The summed E-state index contributed by atoms with van der Waals surface area (Å²) in [5.41, 5.74) is 0.614. The molecule has 110 valence electrons. The van der Waals surface area contributed by atoms with E-state index < -0.39 is 16.7 Å². The normalized spacial score (nSPS) is 10.2. The van der Waals surface area contributed by atoms with Crippen molar-refractivity contribution in [3.05, 3.63) is 46.0 Å². The zero-order valence-electron chi connectivity index (χ0n) is 11.4. The summed E-state index contributed by atoms with van der Waals surface area (Å²) in [5, 5.41) is 13.0. The first-order chi connectivity index (χ1) is 9.97. The fourth-order valence-corrected chi connectivity index (χ4v) is 1.50. The van der Waals surface area contributed by atoms with E-state index in [2.05, 4.69) is 15.3 Å². The van der Waals surface area contributed by atoms with Crippen LogP contribution in [0.1, 0.15) is 16.2 Å². The van der Waals surface area contributed by atoms with E-state index in [0.29, 0.717) is 11.6 Å². The molecule has 0 spiro atoms. The van der Waals surface area contributed by atoms with Gasteiger partial charge in [0.05, 0.1) is 18.3 Å². The van der Waals surface area contributed by atoms with Crippen LogP contribution >= 0.6 is 0 Å². The fraction of sp³-hybridized carbons (Fsp3) is 0.250. The molecule has 2 aromatic rings. The molecule has 0 atom stereocenters. The van der Waals surface area contributed by atoms with Crippen LogP contribution in [0.2, 0.25) is 0 Å². The molecule has 0 aliphatic rings. The molecule has 0 aromatic carbocycles. The number of carbonyl (C=O) groups is 1. The van der Waals surface area contributed by atoms with Crippen LogP contribution < -0.4 is 10.2 Å². The Labute approximate surface area is 119 Å². The Morgan fingerprint density at radius 3 is 2.81 bits per heavy atom. The summed E-state index contributed by atoms with van der Waals surface area (Å²) in [4.78, 5) is 31.6. The molecule has 9 nitrogen and oxygen atoms in total. The van der Waals surface area contributed by atoms with Crippen LogP contribution in [-0.4, -0.2) is 34.9 Å². The van der Waals surface area contributed by atoms with E-state index in [0.717, 1.165) is 6.07 Å². The largest absolute Gasteiger partial charge is 0.433 e. The van der Waals surface area contributed by atoms with Crippen molar-refractivity contribution in [3.63, 3.8) is 0 Å². The highest BCUT2D eigenvalue weighted by molar-refractivity contribution is 5.91. The number of anilines is 1. The van der Waals surface area contributed by atoms with Crippen LogP contribution in [0.4, 0.5) is 11.8 Å². The van der Waals surface area contributed by atoms with Crippen LogP contribution in [0.25, 0.3) is 0 Å². The molecular formula is C12H13N5O4. The lowest BCUT2D eigenvalue weighted by molar-refractivity contribution is -0.402. The summed E-state index contributed by atoms with van der Waals surface area (Å²) >= 11 is 0. The lowest BCUT2D eigenvalue weighted by atomic mass is 10.3. The molecule has 0 aliphatic carbocycles. The SMILES string of the molecule is CN(C)c1nccc(CNC(=O)c2ccc([N+](=O)[O-])o2)n1. The van der Waals surface area contributed by atoms with Crippen molar-refractivity contribution in [2.75, 3.05) is 19.0 Å². The van der Waals surface area contributed by atoms with Gasteiger partial charge in [0.1, 0.15) is 4.92 Å². The Kier molecular flexibility index (Phi) is 4.12. The molecule has 9 heteroatoms. The number of amides is 1. The first-order valence-electron chi connectivity index (χ1n) is 5.99. The van der Waals surface area contributed by atoms with Crippen molar-refractivity contribution >= 4 is 17.7 Å². The number of nitro groups is 1. The number of carbonyl (C=O) groups excluding carboxylic acids is 1. The summed E-state index contributed by atoms with van der Waals surface area (Å²) in [5.74, 6) is -0.621. The molecule has 1 amide bonds. The quantitative estimate of drug-likeness (QED) is 0.644. The maximum absolute atomic E-state index is 11.8. The second-order valence-electron chi connectivity index (χ2n) is 4.32. The Morgan fingerprint density at radius 2 is 2.19 bits per heavy atom. The number of aromatic nitrogens is 2. The first-order valence-corrected chi connectivity index (χ1v) is 5.99. The second-order valence-corrected chi connectivity index (χ2v) is 4.32. The van der Waals surface area contributed by atoms with E-state index in [4.69, 9.17) is 4.42 Å². The zero-order valence-corrected chi connectivity index (χ0v) is 11.4. The third-order valence-corrected chi connectivity index (χ3v) is 2.53. The van der Waals surface area contributed by atoms with Crippen LogP contribution in [0.3, 0.4) is 0 Å². The van der Waals surface area contributed by atoms with Crippen molar-refractivity contribution in [2.45, 2.75) is 6.54 Å². The minimum Gasteiger partial charge on any atom is -0.395 e. The number of nitrogens with zero attached hydrogens (tertiary/aromatic N) is 4. The lowest BCUT2D eigenvalue weighted by Gasteiger charge is -2.10.